The Morgan fingerprint density at radius 3 is 2.42 bits per heavy atom. The van der Waals surface area contributed by atoms with Crippen LogP contribution in [0.5, 0.6) is 0 Å². The van der Waals surface area contributed by atoms with Crippen molar-refractivity contribution in [2.24, 2.45) is 0 Å². The van der Waals surface area contributed by atoms with Gasteiger partial charge < -0.3 is 5.32 Å². The summed E-state index contributed by atoms with van der Waals surface area (Å²) < 4.78 is 13.4. The van der Waals surface area contributed by atoms with Gasteiger partial charge in [0.1, 0.15) is 11.4 Å². The van der Waals surface area contributed by atoms with Crippen molar-refractivity contribution in [2.75, 3.05) is 6.54 Å². The molecular formula is C25H23FN2O3. The van der Waals surface area contributed by atoms with Gasteiger partial charge in [-0.25, -0.2) is 9.18 Å². The van der Waals surface area contributed by atoms with Gasteiger partial charge in [-0.3, -0.25) is 14.5 Å². The molecule has 3 aromatic carbocycles. The molecule has 0 aromatic heterocycles. The molecule has 1 aliphatic rings. The number of nitrogens with one attached hydrogen (secondary N) is 1. The maximum Gasteiger partial charge on any atom is 0.325 e. The Bertz CT molecular complexity index is 1160. The Morgan fingerprint density at radius 2 is 1.71 bits per heavy atom. The summed E-state index contributed by atoms with van der Waals surface area (Å²) in [6.07, 6.45) is 1.89. The highest BCUT2D eigenvalue weighted by Gasteiger charge is 2.52. The molecule has 0 saturated carbocycles. The molecule has 1 aliphatic heterocycles. The highest BCUT2D eigenvalue weighted by Crippen LogP contribution is 2.34. The van der Waals surface area contributed by atoms with Gasteiger partial charge in [0.05, 0.1) is 6.54 Å². The molecule has 0 unspecified atom stereocenters. The van der Waals surface area contributed by atoms with Crippen LogP contribution >= 0.6 is 0 Å². The third-order valence-electron chi connectivity index (χ3n) is 5.79. The van der Waals surface area contributed by atoms with Gasteiger partial charge >= 0.3 is 6.03 Å². The van der Waals surface area contributed by atoms with E-state index in [2.05, 4.69) is 5.32 Å². The number of fused-ring (bicyclic) bond motifs is 1. The van der Waals surface area contributed by atoms with Crippen molar-refractivity contribution < 1.29 is 18.8 Å². The highest BCUT2D eigenvalue weighted by molar-refractivity contribution is 6.12. The molecule has 3 aromatic rings. The number of carbonyl (C=O) groups is 3. The fraction of sp³-hybridized carbons (Fsp3) is 0.240. The zero-order chi connectivity index (χ0) is 22.0. The maximum absolute atomic E-state index is 13.4. The summed E-state index contributed by atoms with van der Waals surface area (Å²) in [5, 5.41) is 4.70. The zero-order valence-corrected chi connectivity index (χ0v) is 17.2. The molecule has 3 amide bonds. The lowest BCUT2D eigenvalue weighted by molar-refractivity contribution is -0.131. The van der Waals surface area contributed by atoms with Crippen molar-refractivity contribution in [1.29, 1.82) is 0 Å². The number of benzene rings is 3. The van der Waals surface area contributed by atoms with Gasteiger partial charge in [0, 0.05) is 5.56 Å². The van der Waals surface area contributed by atoms with Crippen molar-refractivity contribution in [3.8, 4) is 0 Å². The number of carbonyl (C=O) groups excluding carboxylic acids is 3. The first-order chi connectivity index (χ1) is 14.9. The Hall–Kier alpha value is -3.54. The van der Waals surface area contributed by atoms with E-state index >= 15 is 0 Å². The predicted molar refractivity (Wildman–Crippen MR) is 116 cm³/mol. The minimum absolute atomic E-state index is 0.320. The number of hydrogen-bond donors (Lipinski definition) is 1. The van der Waals surface area contributed by atoms with Crippen LogP contribution in [0.15, 0.2) is 66.7 Å². The summed E-state index contributed by atoms with van der Waals surface area (Å²) in [4.78, 5) is 40.0. The number of rotatable bonds is 7. The standard InChI is InChI=1S/C25H23FN2O3/c1-2-3-14-25(20-10-12-21(26)13-11-20)23(30)28(24(31)27-25)16-22(29)19-9-8-17-6-4-5-7-18(17)15-19/h4-13,15H,2-3,14,16H2,1H3,(H,27,31)/t25-/m1/s1. The lowest BCUT2D eigenvalue weighted by Gasteiger charge is -2.27. The van der Waals surface area contributed by atoms with Crippen LogP contribution in [0.25, 0.3) is 10.8 Å². The maximum atomic E-state index is 13.4. The van der Waals surface area contributed by atoms with Crippen LogP contribution < -0.4 is 5.32 Å². The van der Waals surface area contributed by atoms with Crippen molar-refractivity contribution >= 4 is 28.5 Å². The molecule has 0 bridgehead atoms. The van der Waals surface area contributed by atoms with Gasteiger partial charge in [-0.1, -0.05) is 68.3 Å². The predicted octanol–water partition coefficient (Wildman–Crippen LogP) is 4.80. The summed E-state index contributed by atoms with van der Waals surface area (Å²) in [6, 6.07) is 17.9. The minimum Gasteiger partial charge on any atom is -0.319 e. The largest absolute Gasteiger partial charge is 0.325 e. The second-order valence-electron chi connectivity index (χ2n) is 7.82. The average Bonchev–Trinajstić information content (AvgIpc) is 3.02. The lowest BCUT2D eigenvalue weighted by Crippen LogP contribution is -2.44. The summed E-state index contributed by atoms with van der Waals surface area (Å²) in [6.45, 7) is 1.64. The molecule has 6 heteroatoms. The van der Waals surface area contributed by atoms with Crippen LogP contribution in [0.1, 0.15) is 42.1 Å². The Labute approximate surface area is 179 Å². The van der Waals surface area contributed by atoms with Gasteiger partial charge in [-0.15, -0.1) is 0 Å². The Balaban J connectivity index is 1.62. The van der Waals surface area contributed by atoms with Crippen LogP contribution in [-0.2, 0) is 10.3 Å². The summed E-state index contributed by atoms with van der Waals surface area (Å²) in [5.41, 5.74) is -0.335. The molecule has 31 heavy (non-hydrogen) atoms. The van der Waals surface area contributed by atoms with Crippen LogP contribution in [0.4, 0.5) is 9.18 Å². The SMILES string of the molecule is CCCC[C@]1(c2ccc(F)cc2)NC(=O)N(CC(=O)c2ccc3ccccc3c2)C1=O. The quantitative estimate of drug-likeness (QED) is 0.443. The third kappa shape index (κ3) is 3.81. The molecule has 4 rings (SSSR count). The number of hydrogen-bond acceptors (Lipinski definition) is 3. The number of ketones is 1. The number of unbranched alkanes of at least 4 members (excludes halogenated alkanes) is 1. The van der Waals surface area contributed by atoms with E-state index in [-0.39, 0.29) is 12.3 Å². The molecule has 1 N–H and O–H groups in total. The molecule has 1 fully saturated rings. The fourth-order valence-corrected chi connectivity index (χ4v) is 4.05. The molecule has 0 aliphatic carbocycles. The van der Waals surface area contributed by atoms with E-state index in [9.17, 15) is 18.8 Å². The monoisotopic (exact) mass is 418 g/mol. The van der Waals surface area contributed by atoms with Crippen LogP contribution in [0.2, 0.25) is 0 Å². The average molecular weight is 418 g/mol. The molecule has 5 nitrogen and oxygen atoms in total. The van der Waals surface area contributed by atoms with Gasteiger partial charge in [-0.2, -0.15) is 0 Å². The van der Waals surface area contributed by atoms with E-state index in [0.29, 0.717) is 24.0 Å². The molecule has 1 heterocycles. The first-order valence-corrected chi connectivity index (χ1v) is 10.4. The van der Waals surface area contributed by atoms with Gasteiger partial charge in [0.2, 0.25) is 0 Å². The first-order valence-electron chi connectivity index (χ1n) is 10.4. The highest BCUT2D eigenvalue weighted by atomic mass is 19.1. The van der Waals surface area contributed by atoms with Crippen molar-refractivity contribution in [3.63, 3.8) is 0 Å². The second-order valence-corrected chi connectivity index (χ2v) is 7.82. The number of amides is 3. The molecule has 1 atom stereocenters. The number of urea groups is 1. The minimum atomic E-state index is -1.29. The molecular weight excluding hydrogens is 395 g/mol. The van der Waals surface area contributed by atoms with Crippen molar-refractivity contribution in [3.05, 3.63) is 83.7 Å². The van der Waals surface area contributed by atoms with Crippen molar-refractivity contribution in [1.82, 2.24) is 10.2 Å². The van der Waals surface area contributed by atoms with E-state index < -0.39 is 23.3 Å². The van der Waals surface area contributed by atoms with E-state index in [1.807, 2.05) is 37.3 Å². The zero-order valence-electron chi connectivity index (χ0n) is 17.2. The van der Waals surface area contributed by atoms with Gasteiger partial charge in [-0.05, 0) is 41.0 Å². The third-order valence-corrected chi connectivity index (χ3v) is 5.79. The number of Topliss-reactive ketones (excluding diaryl/α,β-unsaturated/α-hetero) is 1. The van der Waals surface area contributed by atoms with Crippen LogP contribution in [-0.4, -0.2) is 29.2 Å². The summed E-state index contributed by atoms with van der Waals surface area (Å²) in [5.74, 6) is -1.22. The van der Waals surface area contributed by atoms with Crippen molar-refractivity contribution in [2.45, 2.75) is 31.7 Å². The molecule has 0 spiro atoms. The van der Waals surface area contributed by atoms with Crippen LogP contribution in [0.3, 0.4) is 0 Å². The summed E-state index contributed by atoms with van der Waals surface area (Å²) >= 11 is 0. The fourth-order valence-electron chi connectivity index (χ4n) is 4.05. The molecule has 158 valence electrons. The lowest BCUT2D eigenvalue weighted by atomic mass is 9.84. The summed E-state index contributed by atoms with van der Waals surface area (Å²) in [7, 11) is 0. The second kappa shape index (κ2) is 8.30. The number of halogens is 1. The smallest absolute Gasteiger partial charge is 0.319 e. The number of imide groups is 1. The van der Waals surface area contributed by atoms with Gasteiger partial charge in [0.25, 0.3) is 5.91 Å². The topological polar surface area (TPSA) is 66.5 Å². The Kier molecular flexibility index (Phi) is 5.55. The van der Waals surface area contributed by atoms with E-state index in [4.69, 9.17) is 0 Å². The van der Waals surface area contributed by atoms with E-state index in [1.165, 1.54) is 24.3 Å². The van der Waals surface area contributed by atoms with E-state index in [0.717, 1.165) is 22.1 Å². The van der Waals surface area contributed by atoms with Crippen LogP contribution in [0, 0.1) is 5.82 Å². The molecule has 1 saturated heterocycles. The molecule has 0 radical (unpaired) electrons. The Morgan fingerprint density at radius 1 is 1.00 bits per heavy atom. The number of nitrogens with zero attached hydrogens (tertiary/aromatic N) is 1. The van der Waals surface area contributed by atoms with E-state index in [1.54, 1.807) is 12.1 Å². The van der Waals surface area contributed by atoms with Gasteiger partial charge in [0.15, 0.2) is 5.78 Å². The first kappa shape index (κ1) is 20.7. The normalized spacial score (nSPS) is 18.5.